The van der Waals surface area contributed by atoms with Crippen LogP contribution in [0.5, 0.6) is 0 Å². The van der Waals surface area contributed by atoms with E-state index in [0.717, 1.165) is 11.3 Å². The number of rotatable bonds is 4. The second-order valence-corrected chi connectivity index (χ2v) is 5.21. The summed E-state index contributed by atoms with van der Waals surface area (Å²) >= 11 is 5.81. The van der Waals surface area contributed by atoms with Crippen LogP contribution in [0, 0.1) is 0 Å². The molecule has 22 heavy (non-hydrogen) atoms. The quantitative estimate of drug-likeness (QED) is 0.471. The Labute approximate surface area is 133 Å². The molecule has 1 aromatic heterocycles. The van der Waals surface area contributed by atoms with Crippen molar-refractivity contribution < 1.29 is 9.21 Å². The summed E-state index contributed by atoms with van der Waals surface area (Å²) in [5.41, 5.74) is 1.60. The second-order valence-electron chi connectivity index (χ2n) is 4.77. The average Bonchev–Trinajstić information content (AvgIpc) is 3.03. The summed E-state index contributed by atoms with van der Waals surface area (Å²) < 4.78 is 5.71. The van der Waals surface area contributed by atoms with E-state index in [2.05, 4.69) is 0 Å². The summed E-state index contributed by atoms with van der Waals surface area (Å²) in [6.45, 7) is 0. The van der Waals surface area contributed by atoms with Gasteiger partial charge in [0.2, 0.25) is 0 Å². The number of carbonyl (C=O) groups excluding carboxylic acids is 1. The summed E-state index contributed by atoms with van der Waals surface area (Å²) in [5.74, 6) is 1.33. The molecule has 0 amide bonds. The number of carbonyl (C=O) groups is 1. The highest BCUT2D eigenvalue weighted by atomic mass is 35.5. The van der Waals surface area contributed by atoms with Gasteiger partial charge in [0.15, 0.2) is 5.78 Å². The van der Waals surface area contributed by atoms with Crippen LogP contribution < -0.4 is 0 Å². The normalized spacial score (nSPS) is 11.0. The van der Waals surface area contributed by atoms with Gasteiger partial charge in [-0.2, -0.15) is 0 Å². The third-order valence-electron chi connectivity index (χ3n) is 3.21. The van der Waals surface area contributed by atoms with Crippen LogP contribution in [0.1, 0.15) is 16.1 Å². The Morgan fingerprint density at radius 2 is 1.64 bits per heavy atom. The Balaban J connectivity index is 1.75. The summed E-state index contributed by atoms with van der Waals surface area (Å²) in [5, 5.41) is 0.610. The number of furan rings is 1. The van der Waals surface area contributed by atoms with Gasteiger partial charge in [0.1, 0.15) is 11.5 Å². The fourth-order valence-corrected chi connectivity index (χ4v) is 2.19. The Morgan fingerprint density at radius 3 is 2.36 bits per heavy atom. The number of allylic oxidation sites excluding steroid dienone is 1. The van der Waals surface area contributed by atoms with Gasteiger partial charge >= 0.3 is 0 Å². The van der Waals surface area contributed by atoms with Crippen molar-refractivity contribution in [2.45, 2.75) is 0 Å². The molecule has 3 rings (SSSR count). The maximum absolute atomic E-state index is 12.0. The molecule has 0 saturated heterocycles. The predicted octanol–water partition coefficient (Wildman–Crippen LogP) is 5.50. The van der Waals surface area contributed by atoms with Crippen molar-refractivity contribution in [3.8, 4) is 11.3 Å². The molecule has 2 nitrogen and oxygen atoms in total. The predicted molar refractivity (Wildman–Crippen MR) is 89.0 cm³/mol. The molecule has 3 aromatic rings. The molecule has 2 aromatic carbocycles. The van der Waals surface area contributed by atoms with Gasteiger partial charge in [0, 0.05) is 16.1 Å². The molecular formula is C19H13ClO2. The largest absolute Gasteiger partial charge is 0.457 e. The molecule has 0 saturated carbocycles. The summed E-state index contributed by atoms with van der Waals surface area (Å²) in [6.07, 6.45) is 3.17. The van der Waals surface area contributed by atoms with E-state index in [1.165, 1.54) is 6.08 Å². The van der Waals surface area contributed by atoms with Crippen LogP contribution in [0.2, 0.25) is 5.02 Å². The summed E-state index contributed by atoms with van der Waals surface area (Å²) in [6, 6.07) is 20.4. The summed E-state index contributed by atoms with van der Waals surface area (Å²) in [4.78, 5) is 12.0. The Morgan fingerprint density at radius 1 is 0.909 bits per heavy atom. The van der Waals surface area contributed by atoms with E-state index in [4.69, 9.17) is 16.0 Å². The van der Waals surface area contributed by atoms with Crippen molar-refractivity contribution in [2.24, 2.45) is 0 Å². The third kappa shape index (κ3) is 3.35. The lowest BCUT2D eigenvalue weighted by molar-refractivity contribution is 0.104. The third-order valence-corrected chi connectivity index (χ3v) is 3.46. The number of hydrogen-bond donors (Lipinski definition) is 0. The van der Waals surface area contributed by atoms with Gasteiger partial charge in [-0.25, -0.2) is 0 Å². The fraction of sp³-hybridized carbons (Fsp3) is 0. The molecule has 0 N–H and O–H groups in total. The van der Waals surface area contributed by atoms with Crippen molar-refractivity contribution in [3.63, 3.8) is 0 Å². The van der Waals surface area contributed by atoms with E-state index in [-0.39, 0.29) is 5.78 Å². The first-order valence-electron chi connectivity index (χ1n) is 6.85. The van der Waals surface area contributed by atoms with Gasteiger partial charge in [-0.15, -0.1) is 0 Å². The van der Waals surface area contributed by atoms with Crippen LogP contribution in [0.3, 0.4) is 0 Å². The summed E-state index contributed by atoms with van der Waals surface area (Å²) in [7, 11) is 0. The molecule has 108 valence electrons. The molecule has 1 heterocycles. The van der Waals surface area contributed by atoms with Gasteiger partial charge in [0.25, 0.3) is 0 Å². The van der Waals surface area contributed by atoms with E-state index in [1.54, 1.807) is 30.3 Å². The number of halogens is 1. The van der Waals surface area contributed by atoms with Gasteiger partial charge in [-0.3, -0.25) is 4.79 Å². The second kappa shape index (κ2) is 6.46. The Kier molecular flexibility index (Phi) is 4.22. The van der Waals surface area contributed by atoms with Crippen LogP contribution in [0.15, 0.2) is 77.2 Å². The minimum absolute atomic E-state index is 0.0886. The number of benzene rings is 2. The topological polar surface area (TPSA) is 30.2 Å². The van der Waals surface area contributed by atoms with Gasteiger partial charge < -0.3 is 4.42 Å². The van der Waals surface area contributed by atoms with E-state index in [9.17, 15) is 4.79 Å². The lowest BCUT2D eigenvalue weighted by Crippen LogP contribution is -1.92. The molecule has 0 unspecified atom stereocenters. The molecule has 0 aliphatic rings. The minimum Gasteiger partial charge on any atom is -0.457 e. The highest BCUT2D eigenvalue weighted by molar-refractivity contribution is 6.30. The zero-order valence-corrected chi connectivity index (χ0v) is 12.5. The van der Waals surface area contributed by atoms with Crippen molar-refractivity contribution in [2.75, 3.05) is 0 Å². The van der Waals surface area contributed by atoms with Crippen LogP contribution >= 0.6 is 11.6 Å². The highest BCUT2D eigenvalue weighted by Gasteiger charge is 2.04. The average molecular weight is 309 g/mol. The smallest absolute Gasteiger partial charge is 0.185 e. The van der Waals surface area contributed by atoms with Crippen molar-refractivity contribution in [1.29, 1.82) is 0 Å². The molecular weight excluding hydrogens is 296 g/mol. The Bertz CT molecular complexity index is 799. The van der Waals surface area contributed by atoms with Crippen molar-refractivity contribution >= 4 is 23.5 Å². The highest BCUT2D eigenvalue weighted by Crippen LogP contribution is 2.22. The van der Waals surface area contributed by atoms with Crippen molar-refractivity contribution in [3.05, 3.63) is 89.2 Å². The number of hydrogen-bond acceptors (Lipinski definition) is 2. The zero-order valence-electron chi connectivity index (χ0n) is 11.7. The minimum atomic E-state index is -0.0886. The molecule has 0 aliphatic heterocycles. The fourth-order valence-electron chi connectivity index (χ4n) is 2.07. The molecule has 3 heteroatoms. The van der Waals surface area contributed by atoms with E-state index >= 15 is 0 Å². The van der Waals surface area contributed by atoms with Crippen molar-refractivity contribution in [1.82, 2.24) is 0 Å². The monoisotopic (exact) mass is 308 g/mol. The number of ketones is 1. The van der Waals surface area contributed by atoms with E-state index < -0.39 is 0 Å². The zero-order chi connectivity index (χ0) is 15.4. The van der Waals surface area contributed by atoms with Gasteiger partial charge in [-0.1, -0.05) is 41.9 Å². The lowest BCUT2D eigenvalue weighted by atomic mass is 10.1. The first-order chi connectivity index (χ1) is 10.7. The van der Waals surface area contributed by atoms with E-state index in [0.29, 0.717) is 16.3 Å². The standard InChI is InChI=1S/C19H13ClO2/c20-16-8-6-14(7-9-16)18(21)12-10-17-11-13-19(22-17)15-4-2-1-3-5-15/h1-13H/b12-10+. The Hall–Kier alpha value is -2.58. The first kappa shape index (κ1) is 14.4. The molecule has 0 spiro atoms. The van der Waals surface area contributed by atoms with Crippen LogP contribution in [-0.2, 0) is 0 Å². The molecule has 0 atom stereocenters. The molecule has 0 radical (unpaired) electrons. The SMILES string of the molecule is O=C(/C=C/c1ccc(-c2ccccc2)o1)c1ccc(Cl)cc1. The van der Waals surface area contributed by atoms with Gasteiger partial charge in [0.05, 0.1) is 0 Å². The maximum Gasteiger partial charge on any atom is 0.185 e. The van der Waals surface area contributed by atoms with E-state index in [1.807, 2.05) is 42.5 Å². The maximum atomic E-state index is 12.0. The van der Waals surface area contributed by atoms with Crippen LogP contribution in [0.4, 0.5) is 0 Å². The molecule has 0 fully saturated rings. The first-order valence-corrected chi connectivity index (χ1v) is 7.23. The molecule has 0 bridgehead atoms. The van der Waals surface area contributed by atoms with Gasteiger partial charge in [-0.05, 0) is 48.6 Å². The van der Waals surface area contributed by atoms with Crippen LogP contribution in [0.25, 0.3) is 17.4 Å². The van der Waals surface area contributed by atoms with Crippen LogP contribution in [-0.4, -0.2) is 5.78 Å². The molecule has 0 aliphatic carbocycles. The lowest BCUT2D eigenvalue weighted by Gasteiger charge is -1.96.